The van der Waals surface area contributed by atoms with Crippen molar-refractivity contribution in [2.75, 3.05) is 39.3 Å². The summed E-state index contributed by atoms with van der Waals surface area (Å²) in [5.74, 6) is 0. The van der Waals surface area contributed by atoms with Crippen molar-refractivity contribution in [1.29, 1.82) is 0 Å². The molecule has 120 valence electrons. The second kappa shape index (κ2) is 8.59. The number of carbonyl (C=O) groups excluding carboxylic acids is 1. The zero-order valence-corrected chi connectivity index (χ0v) is 13.6. The van der Waals surface area contributed by atoms with Crippen molar-refractivity contribution in [1.82, 2.24) is 15.1 Å². The fraction of sp³-hybridized carbons (Fsp3) is 0.500. The van der Waals surface area contributed by atoms with Crippen LogP contribution in [0.15, 0.2) is 36.9 Å². The standard InChI is InChI=1S/C18H27N3O/c1-3-19-18(22)21-14-12-20(13-15-21)11-7-8-16(2)17-9-5-4-6-10-17/h4-6,9-10H,2-3,7-8,11-15H2,1H3,(H,19,22). The predicted octanol–water partition coefficient (Wildman–Crippen LogP) is 2.83. The molecule has 22 heavy (non-hydrogen) atoms. The van der Waals surface area contributed by atoms with Crippen LogP contribution >= 0.6 is 0 Å². The first kappa shape index (κ1) is 16.6. The molecule has 1 aromatic rings. The number of piperazine rings is 1. The molecule has 0 bridgehead atoms. The van der Waals surface area contributed by atoms with E-state index in [2.05, 4.69) is 41.1 Å². The Morgan fingerprint density at radius 1 is 1.18 bits per heavy atom. The predicted molar refractivity (Wildman–Crippen MR) is 91.8 cm³/mol. The van der Waals surface area contributed by atoms with Gasteiger partial charge in [-0.1, -0.05) is 36.9 Å². The van der Waals surface area contributed by atoms with Crippen LogP contribution < -0.4 is 5.32 Å². The number of hydrogen-bond donors (Lipinski definition) is 1. The minimum atomic E-state index is 0.0691. The Bertz CT molecular complexity index is 478. The van der Waals surface area contributed by atoms with Gasteiger partial charge < -0.3 is 10.2 Å². The smallest absolute Gasteiger partial charge is 0.317 e. The van der Waals surface area contributed by atoms with Crippen LogP contribution in [-0.2, 0) is 0 Å². The zero-order chi connectivity index (χ0) is 15.8. The number of benzene rings is 1. The van der Waals surface area contributed by atoms with Crippen molar-refractivity contribution in [3.63, 3.8) is 0 Å². The van der Waals surface area contributed by atoms with E-state index in [1.54, 1.807) is 0 Å². The highest BCUT2D eigenvalue weighted by Crippen LogP contribution is 2.17. The molecule has 0 radical (unpaired) electrons. The largest absolute Gasteiger partial charge is 0.338 e. The van der Waals surface area contributed by atoms with Crippen molar-refractivity contribution in [2.45, 2.75) is 19.8 Å². The molecule has 4 nitrogen and oxygen atoms in total. The monoisotopic (exact) mass is 301 g/mol. The number of carbonyl (C=O) groups is 1. The van der Waals surface area contributed by atoms with Gasteiger partial charge in [-0.05, 0) is 37.4 Å². The first-order valence-corrected chi connectivity index (χ1v) is 8.19. The summed E-state index contributed by atoms with van der Waals surface area (Å²) >= 11 is 0. The van der Waals surface area contributed by atoms with Crippen molar-refractivity contribution >= 4 is 11.6 Å². The minimum absolute atomic E-state index is 0.0691. The van der Waals surface area contributed by atoms with Crippen LogP contribution in [0.3, 0.4) is 0 Å². The molecule has 1 aliphatic rings. The van der Waals surface area contributed by atoms with Crippen LogP contribution in [0.25, 0.3) is 5.57 Å². The number of hydrogen-bond acceptors (Lipinski definition) is 2. The van der Waals surface area contributed by atoms with E-state index < -0.39 is 0 Å². The number of urea groups is 1. The molecular weight excluding hydrogens is 274 g/mol. The molecule has 1 N–H and O–H groups in total. The van der Waals surface area contributed by atoms with E-state index in [1.165, 1.54) is 11.1 Å². The molecule has 0 spiro atoms. The summed E-state index contributed by atoms with van der Waals surface area (Å²) in [7, 11) is 0. The molecule has 1 aromatic carbocycles. The van der Waals surface area contributed by atoms with Gasteiger partial charge in [-0.2, -0.15) is 0 Å². The third-order valence-corrected chi connectivity index (χ3v) is 4.12. The van der Waals surface area contributed by atoms with Crippen molar-refractivity contribution < 1.29 is 4.79 Å². The number of rotatable bonds is 6. The van der Waals surface area contributed by atoms with Crippen LogP contribution in [0.1, 0.15) is 25.3 Å². The Hall–Kier alpha value is -1.81. The SMILES string of the molecule is C=C(CCCN1CCN(C(=O)NCC)CC1)c1ccccc1. The lowest BCUT2D eigenvalue weighted by Gasteiger charge is -2.34. The average Bonchev–Trinajstić information content (AvgIpc) is 2.56. The molecule has 0 unspecified atom stereocenters. The summed E-state index contributed by atoms with van der Waals surface area (Å²) < 4.78 is 0. The third kappa shape index (κ3) is 4.88. The van der Waals surface area contributed by atoms with Gasteiger partial charge in [-0.25, -0.2) is 4.79 Å². The Morgan fingerprint density at radius 3 is 2.50 bits per heavy atom. The highest BCUT2D eigenvalue weighted by atomic mass is 16.2. The maximum Gasteiger partial charge on any atom is 0.317 e. The highest BCUT2D eigenvalue weighted by molar-refractivity contribution is 5.74. The molecule has 2 amide bonds. The topological polar surface area (TPSA) is 35.6 Å². The van der Waals surface area contributed by atoms with Gasteiger partial charge in [0.15, 0.2) is 0 Å². The van der Waals surface area contributed by atoms with Crippen molar-refractivity contribution in [2.24, 2.45) is 0 Å². The number of amides is 2. The van der Waals surface area contributed by atoms with E-state index in [-0.39, 0.29) is 6.03 Å². The van der Waals surface area contributed by atoms with Gasteiger partial charge in [0.25, 0.3) is 0 Å². The number of nitrogens with zero attached hydrogens (tertiary/aromatic N) is 2. The van der Waals surface area contributed by atoms with Crippen LogP contribution in [0, 0.1) is 0 Å². The van der Waals surface area contributed by atoms with E-state index >= 15 is 0 Å². The molecule has 1 heterocycles. The van der Waals surface area contributed by atoms with Gasteiger partial charge in [0.2, 0.25) is 0 Å². The Morgan fingerprint density at radius 2 is 1.86 bits per heavy atom. The summed E-state index contributed by atoms with van der Waals surface area (Å²) in [6.45, 7) is 11.5. The molecule has 0 saturated carbocycles. The molecule has 2 rings (SSSR count). The van der Waals surface area contributed by atoms with E-state index in [0.717, 1.165) is 45.6 Å². The van der Waals surface area contributed by atoms with Gasteiger partial charge in [0.1, 0.15) is 0 Å². The van der Waals surface area contributed by atoms with Gasteiger partial charge in [-0.15, -0.1) is 0 Å². The normalized spacial score (nSPS) is 15.6. The molecule has 0 aliphatic carbocycles. The molecule has 4 heteroatoms. The van der Waals surface area contributed by atoms with Crippen molar-refractivity contribution in [3.05, 3.63) is 42.5 Å². The van der Waals surface area contributed by atoms with Gasteiger partial charge >= 0.3 is 6.03 Å². The molecule has 1 aliphatic heterocycles. The minimum Gasteiger partial charge on any atom is -0.338 e. The fourth-order valence-electron chi connectivity index (χ4n) is 2.77. The van der Waals surface area contributed by atoms with Gasteiger partial charge in [-0.3, -0.25) is 4.90 Å². The highest BCUT2D eigenvalue weighted by Gasteiger charge is 2.19. The Kier molecular flexibility index (Phi) is 6.46. The first-order chi connectivity index (χ1) is 10.7. The lowest BCUT2D eigenvalue weighted by atomic mass is 10.0. The maximum atomic E-state index is 11.7. The van der Waals surface area contributed by atoms with E-state index in [1.807, 2.05) is 17.9 Å². The second-order valence-corrected chi connectivity index (χ2v) is 5.74. The quantitative estimate of drug-likeness (QED) is 0.877. The summed E-state index contributed by atoms with van der Waals surface area (Å²) in [6, 6.07) is 10.5. The van der Waals surface area contributed by atoms with Crippen LogP contribution in [0.4, 0.5) is 4.79 Å². The van der Waals surface area contributed by atoms with Crippen molar-refractivity contribution in [3.8, 4) is 0 Å². The summed E-state index contributed by atoms with van der Waals surface area (Å²) in [6.07, 6.45) is 2.15. The lowest BCUT2D eigenvalue weighted by molar-refractivity contribution is 0.139. The number of nitrogens with one attached hydrogen (secondary N) is 1. The molecule has 1 fully saturated rings. The van der Waals surface area contributed by atoms with E-state index in [9.17, 15) is 4.79 Å². The molecule has 0 aromatic heterocycles. The van der Waals surface area contributed by atoms with Crippen LogP contribution in [0.2, 0.25) is 0 Å². The van der Waals surface area contributed by atoms with Gasteiger partial charge in [0.05, 0.1) is 0 Å². The second-order valence-electron chi connectivity index (χ2n) is 5.74. The summed E-state index contributed by atoms with van der Waals surface area (Å²) in [5.41, 5.74) is 2.45. The fourth-order valence-corrected chi connectivity index (χ4v) is 2.77. The molecule has 0 atom stereocenters. The Balaban J connectivity index is 1.65. The van der Waals surface area contributed by atoms with E-state index in [0.29, 0.717) is 6.54 Å². The maximum absolute atomic E-state index is 11.7. The van der Waals surface area contributed by atoms with Crippen LogP contribution in [0.5, 0.6) is 0 Å². The first-order valence-electron chi connectivity index (χ1n) is 8.19. The zero-order valence-electron chi connectivity index (χ0n) is 13.6. The lowest BCUT2D eigenvalue weighted by Crippen LogP contribution is -2.51. The van der Waals surface area contributed by atoms with Crippen LogP contribution in [-0.4, -0.2) is 55.1 Å². The molecular formula is C18H27N3O. The summed E-state index contributed by atoms with van der Waals surface area (Å²) in [5, 5.41) is 2.86. The number of allylic oxidation sites excluding steroid dienone is 1. The van der Waals surface area contributed by atoms with E-state index in [4.69, 9.17) is 0 Å². The molecule has 1 saturated heterocycles. The van der Waals surface area contributed by atoms with Gasteiger partial charge in [0, 0.05) is 32.7 Å². The summed E-state index contributed by atoms with van der Waals surface area (Å²) in [4.78, 5) is 16.1. The third-order valence-electron chi connectivity index (χ3n) is 4.12. The Labute approximate surface area is 133 Å². The average molecular weight is 301 g/mol.